The van der Waals surface area contributed by atoms with Crippen LogP contribution < -0.4 is 4.74 Å². The fourth-order valence-corrected chi connectivity index (χ4v) is 3.44. The van der Waals surface area contributed by atoms with Gasteiger partial charge < -0.3 is 24.8 Å². The molecule has 0 unspecified atom stereocenters. The van der Waals surface area contributed by atoms with Crippen molar-refractivity contribution in [3.63, 3.8) is 0 Å². The number of ether oxygens (including phenoxy) is 2. The van der Waals surface area contributed by atoms with Gasteiger partial charge in [0.2, 0.25) is 0 Å². The number of aliphatic hydroxyl groups is 3. The van der Waals surface area contributed by atoms with E-state index in [0.29, 0.717) is 19.8 Å². The van der Waals surface area contributed by atoms with Crippen LogP contribution in [0.4, 0.5) is 0 Å². The van der Waals surface area contributed by atoms with Gasteiger partial charge in [-0.05, 0) is 23.6 Å². The van der Waals surface area contributed by atoms with Gasteiger partial charge in [0.25, 0.3) is 0 Å². The minimum absolute atomic E-state index is 0.160. The highest BCUT2D eigenvalue weighted by Crippen LogP contribution is 2.32. The second-order valence-electron chi connectivity index (χ2n) is 6.63. The van der Waals surface area contributed by atoms with Crippen molar-refractivity contribution in [3.8, 4) is 5.75 Å². The Bertz CT molecular complexity index is 510. The Balaban J connectivity index is 2.13. The zero-order chi connectivity index (χ0) is 17.7. The molecule has 6 heteroatoms. The Labute approximate surface area is 143 Å². The lowest BCUT2D eigenvalue weighted by Gasteiger charge is -2.32. The van der Waals surface area contributed by atoms with Crippen LogP contribution in [0, 0.1) is 5.92 Å². The van der Waals surface area contributed by atoms with Crippen LogP contribution in [0.3, 0.4) is 0 Å². The maximum Gasteiger partial charge on any atom is 0.119 e. The molecule has 0 saturated carbocycles. The molecule has 24 heavy (non-hydrogen) atoms. The van der Waals surface area contributed by atoms with Crippen molar-refractivity contribution in [2.75, 3.05) is 26.9 Å². The second kappa shape index (κ2) is 8.78. The van der Waals surface area contributed by atoms with E-state index in [9.17, 15) is 15.3 Å². The van der Waals surface area contributed by atoms with Gasteiger partial charge in [-0.1, -0.05) is 26.0 Å². The minimum Gasteiger partial charge on any atom is -0.491 e. The number of hydrogen-bond donors (Lipinski definition) is 3. The fourth-order valence-electron chi connectivity index (χ4n) is 3.44. The van der Waals surface area contributed by atoms with E-state index >= 15 is 0 Å². The zero-order valence-electron chi connectivity index (χ0n) is 14.6. The normalized spacial score (nSPS) is 27.8. The number of aliphatic hydroxyl groups excluding tert-OH is 3. The molecule has 6 nitrogen and oxygen atoms in total. The first kappa shape index (κ1) is 19.1. The van der Waals surface area contributed by atoms with E-state index in [1.54, 1.807) is 7.11 Å². The molecule has 1 aliphatic heterocycles. The molecule has 4 atom stereocenters. The van der Waals surface area contributed by atoms with Crippen molar-refractivity contribution in [3.05, 3.63) is 29.8 Å². The molecular weight excluding hydrogens is 310 g/mol. The third-order valence-electron chi connectivity index (χ3n) is 4.59. The summed E-state index contributed by atoms with van der Waals surface area (Å²) in [4.78, 5) is 1.99. The van der Waals surface area contributed by atoms with Crippen LogP contribution in [0.25, 0.3) is 0 Å². The average molecular weight is 339 g/mol. The summed E-state index contributed by atoms with van der Waals surface area (Å²) < 4.78 is 10.6. The van der Waals surface area contributed by atoms with Crippen LogP contribution in [-0.4, -0.2) is 71.4 Å². The Morgan fingerprint density at radius 2 is 1.92 bits per heavy atom. The molecule has 0 bridgehead atoms. The molecule has 1 aliphatic rings. The van der Waals surface area contributed by atoms with Gasteiger partial charge in [0.15, 0.2) is 0 Å². The third kappa shape index (κ3) is 4.26. The van der Waals surface area contributed by atoms with Crippen LogP contribution in [0.5, 0.6) is 5.75 Å². The number of methoxy groups -OCH3 is 1. The SMILES string of the molecule is COCCOc1cccc(CN2[C@H](CO)[C@@H](O)[C@@H](O)[C@@H]2C(C)C)c1. The molecule has 1 heterocycles. The smallest absolute Gasteiger partial charge is 0.119 e. The van der Waals surface area contributed by atoms with Gasteiger partial charge in [0.05, 0.1) is 31.5 Å². The molecule has 3 N–H and O–H groups in total. The molecule has 1 saturated heterocycles. The standard InChI is InChI=1S/C18H29NO5/c1-12(2)16-18(22)17(21)15(11-20)19(16)10-13-5-4-6-14(9-13)24-8-7-23-3/h4-6,9,12,15-18,20-22H,7-8,10-11H2,1-3H3/t15-,16+,17-,18+/m1/s1. The number of benzene rings is 1. The van der Waals surface area contributed by atoms with Gasteiger partial charge in [-0.3, -0.25) is 4.90 Å². The highest BCUT2D eigenvalue weighted by Gasteiger charge is 2.48. The summed E-state index contributed by atoms with van der Waals surface area (Å²) in [6.07, 6.45) is -1.80. The molecule has 2 rings (SSSR count). The third-order valence-corrected chi connectivity index (χ3v) is 4.59. The lowest BCUT2D eigenvalue weighted by atomic mass is 9.98. The Kier molecular flexibility index (Phi) is 7.01. The van der Waals surface area contributed by atoms with Crippen molar-refractivity contribution in [1.82, 2.24) is 4.90 Å². The quantitative estimate of drug-likeness (QED) is 0.603. The minimum atomic E-state index is -0.941. The van der Waals surface area contributed by atoms with Crippen LogP contribution in [-0.2, 0) is 11.3 Å². The van der Waals surface area contributed by atoms with Crippen molar-refractivity contribution in [2.24, 2.45) is 5.92 Å². The molecule has 136 valence electrons. The zero-order valence-corrected chi connectivity index (χ0v) is 14.6. The summed E-state index contributed by atoms with van der Waals surface area (Å²) in [6.45, 7) is 5.37. The van der Waals surface area contributed by atoms with Crippen molar-refractivity contribution in [2.45, 2.75) is 44.7 Å². The first-order valence-electron chi connectivity index (χ1n) is 8.43. The summed E-state index contributed by atoms with van der Waals surface area (Å²) in [5, 5.41) is 30.2. The highest BCUT2D eigenvalue weighted by atomic mass is 16.5. The Morgan fingerprint density at radius 1 is 1.17 bits per heavy atom. The maximum atomic E-state index is 10.3. The molecular formula is C18H29NO5. The van der Waals surface area contributed by atoms with Crippen molar-refractivity contribution in [1.29, 1.82) is 0 Å². The lowest BCUT2D eigenvalue weighted by molar-refractivity contribution is 0.0145. The van der Waals surface area contributed by atoms with Gasteiger partial charge in [0, 0.05) is 19.7 Å². The fraction of sp³-hybridized carbons (Fsp3) is 0.667. The Hall–Kier alpha value is -1.18. The summed E-state index contributed by atoms with van der Waals surface area (Å²) in [6, 6.07) is 7.06. The molecule has 0 spiro atoms. The van der Waals surface area contributed by atoms with Crippen molar-refractivity contribution >= 4 is 0 Å². The summed E-state index contributed by atoms with van der Waals surface area (Å²) in [5.41, 5.74) is 1.01. The first-order chi connectivity index (χ1) is 11.5. The molecule has 1 aromatic carbocycles. The number of rotatable bonds is 8. The summed E-state index contributed by atoms with van der Waals surface area (Å²) in [7, 11) is 1.63. The maximum absolute atomic E-state index is 10.3. The molecule has 0 aliphatic carbocycles. The topological polar surface area (TPSA) is 82.4 Å². The largest absolute Gasteiger partial charge is 0.491 e. The van der Waals surface area contributed by atoms with Gasteiger partial charge in [-0.15, -0.1) is 0 Å². The first-order valence-corrected chi connectivity index (χ1v) is 8.43. The lowest BCUT2D eigenvalue weighted by Crippen LogP contribution is -2.43. The number of hydrogen-bond acceptors (Lipinski definition) is 6. The molecule has 0 amide bonds. The molecule has 1 fully saturated rings. The highest BCUT2D eigenvalue weighted by molar-refractivity contribution is 5.29. The van der Waals surface area contributed by atoms with E-state index in [0.717, 1.165) is 11.3 Å². The van der Waals surface area contributed by atoms with E-state index in [4.69, 9.17) is 9.47 Å². The summed E-state index contributed by atoms with van der Waals surface area (Å²) in [5.74, 6) is 0.916. The van der Waals surface area contributed by atoms with Gasteiger partial charge >= 0.3 is 0 Å². The van der Waals surface area contributed by atoms with Gasteiger partial charge in [-0.2, -0.15) is 0 Å². The van der Waals surface area contributed by atoms with Crippen LogP contribution in [0.15, 0.2) is 24.3 Å². The van der Waals surface area contributed by atoms with Crippen molar-refractivity contribution < 1.29 is 24.8 Å². The monoisotopic (exact) mass is 339 g/mol. The predicted octanol–water partition coefficient (Wildman–Crippen LogP) is 0.635. The Morgan fingerprint density at radius 3 is 2.54 bits per heavy atom. The summed E-state index contributed by atoms with van der Waals surface area (Å²) >= 11 is 0. The number of nitrogens with zero attached hydrogens (tertiary/aromatic N) is 1. The van der Waals surface area contributed by atoms with Gasteiger partial charge in [0.1, 0.15) is 12.4 Å². The molecule has 1 aromatic rings. The van der Waals surface area contributed by atoms with E-state index in [2.05, 4.69) is 0 Å². The van der Waals surface area contributed by atoms with Crippen LogP contribution in [0.1, 0.15) is 19.4 Å². The van der Waals surface area contributed by atoms with E-state index < -0.39 is 18.2 Å². The molecule has 0 aromatic heterocycles. The number of likely N-dealkylation sites (tertiary alicyclic amines) is 1. The van der Waals surface area contributed by atoms with Gasteiger partial charge in [-0.25, -0.2) is 0 Å². The van der Waals surface area contributed by atoms with Crippen LogP contribution in [0.2, 0.25) is 0 Å². The average Bonchev–Trinajstić information content (AvgIpc) is 2.78. The van der Waals surface area contributed by atoms with Crippen LogP contribution >= 0.6 is 0 Å². The predicted molar refractivity (Wildman–Crippen MR) is 90.9 cm³/mol. The van der Waals surface area contributed by atoms with E-state index in [-0.39, 0.29) is 18.6 Å². The van der Waals surface area contributed by atoms with E-state index in [1.165, 1.54) is 0 Å². The van der Waals surface area contributed by atoms with E-state index in [1.807, 2.05) is 43.0 Å². The molecule has 0 radical (unpaired) electrons. The second-order valence-corrected chi connectivity index (χ2v) is 6.63.